The van der Waals surface area contributed by atoms with E-state index in [-0.39, 0.29) is 4.87 Å². The summed E-state index contributed by atoms with van der Waals surface area (Å²) in [5.41, 5.74) is 1.65. The smallest absolute Gasteiger partial charge is 0.323 e. The monoisotopic (exact) mass is 482 g/mol. The van der Waals surface area contributed by atoms with Gasteiger partial charge in [-0.05, 0) is 11.6 Å². The molecule has 1 saturated heterocycles. The molecule has 3 heterocycles. The highest BCUT2D eigenvalue weighted by Gasteiger charge is 2.56. The van der Waals surface area contributed by atoms with Crippen molar-refractivity contribution in [2.75, 3.05) is 6.54 Å². The van der Waals surface area contributed by atoms with Gasteiger partial charge in [0.15, 0.2) is 0 Å². The number of nitrogens with zero attached hydrogens (tertiary/aromatic N) is 1. The number of aromatic amines is 1. The highest BCUT2D eigenvalue weighted by atomic mass is 32.2. The third-order valence-corrected chi connectivity index (χ3v) is 8.10. The van der Waals surface area contributed by atoms with Crippen molar-refractivity contribution in [3.63, 3.8) is 0 Å². The van der Waals surface area contributed by atoms with E-state index < -0.39 is 41.4 Å². The zero-order chi connectivity index (χ0) is 23.1. The molecule has 3 aromatic rings. The van der Waals surface area contributed by atoms with Crippen molar-refractivity contribution in [1.29, 1.82) is 0 Å². The van der Waals surface area contributed by atoms with Crippen LogP contribution in [-0.4, -0.2) is 44.6 Å². The number of nitrogens with one attached hydrogen (secondary N) is 1. The van der Waals surface area contributed by atoms with Crippen molar-refractivity contribution in [1.82, 2.24) is 9.88 Å². The van der Waals surface area contributed by atoms with Crippen LogP contribution in [0.2, 0.25) is 0 Å². The third-order valence-electron chi connectivity index (χ3n) is 5.70. The number of ether oxygens (including phenoxy) is 1. The molecule has 1 aromatic heterocycles. The molecule has 0 radical (unpaired) electrons. The Hall–Kier alpha value is -3.37. The maximum atomic E-state index is 13.3. The van der Waals surface area contributed by atoms with Crippen molar-refractivity contribution in [2.24, 2.45) is 5.92 Å². The number of amides is 2. The molecule has 8 nitrogen and oxygen atoms in total. The second kappa shape index (κ2) is 8.53. The van der Waals surface area contributed by atoms with Crippen molar-refractivity contribution in [3.8, 4) is 5.75 Å². The molecule has 2 aliphatic rings. The number of fused-ring (bicyclic) bond motifs is 2. The maximum absolute atomic E-state index is 13.3. The van der Waals surface area contributed by atoms with Crippen LogP contribution >= 0.6 is 23.1 Å². The molecule has 168 valence electrons. The number of para-hydroxylation sites is 1. The van der Waals surface area contributed by atoms with E-state index in [4.69, 9.17) is 4.74 Å². The van der Waals surface area contributed by atoms with Gasteiger partial charge >= 0.3 is 10.8 Å². The van der Waals surface area contributed by atoms with E-state index in [1.807, 2.05) is 48.5 Å². The minimum atomic E-state index is -1.26. The van der Waals surface area contributed by atoms with Crippen LogP contribution in [0.5, 0.6) is 5.75 Å². The molecule has 2 aliphatic heterocycles. The minimum absolute atomic E-state index is 0.276. The molecule has 1 fully saturated rings. The number of hydrogen-bond acceptors (Lipinski definition) is 7. The number of aromatic nitrogens is 1. The summed E-state index contributed by atoms with van der Waals surface area (Å²) in [7, 11) is 0. The lowest BCUT2D eigenvalue weighted by Gasteiger charge is -2.30. The Balaban J connectivity index is 1.57. The first kappa shape index (κ1) is 21.5. The summed E-state index contributed by atoms with van der Waals surface area (Å²) in [6.07, 6.45) is 0. The normalized spacial score (nSPS) is 21.6. The van der Waals surface area contributed by atoms with Crippen LogP contribution in [0.25, 0.3) is 0 Å². The van der Waals surface area contributed by atoms with Gasteiger partial charge in [0, 0.05) is 16.4 Å². The molecular weight excluding hydrogens is 464 g/mol. The first-order valence-electron chi connectivity index (χ1n) is 10.2. The van der Waals surface area contributed by atoms with Crippen molar-refractivity contribution in [3.05, 3.63) is 80.3 Å². The molecule has 3 atom stereocenters. The molecule has 2 N–H and O–H groups in total. The number of aliphatic carboxylic acids is 1. The van der Waals surface area contributed by atoms with E-state index in [9.17, 15) is 24.3 Å². The molecule has 2 unspecified atom stereocenters. The summed E-state index contributed by atoms with van der Waals surface area (Å²) in [6.45, 7) is -0.379. The van der Waals surface area contributed by atoms with E-state index >= 15 is 0 Å². The quantitative estimate of drug-likeness (QED) is 0.519. The lowest BCUT2D eigenvalue weighted by atomic mass is 9.82. The summed E-state index contributed by atoms with van der Waals surface area (Å²) >= 11 is 2.11. The predicted molar refractivity (Wildman–Crippen MR) is 121 cm³/mol. The van der Waals surface area contributed by atoms with Gasteiger partial charge in [-0.25, -0.2) is 0 Å². The number of H-pyrrole nitrogens is 1. The molecule has 5 rings (SSSR count). The summed E-state index contributed by atoms with van der Waals surface area (Å²) in [5, 5.41) is 8.92. The first-order chi connectivity index (χ1) is 15.9. The third kappa shape index (κ3) is 3.85. The number of imide groups is 1. The lowest BCUT2D eigenvalue weighted by Crippen LogP contribution is -2.36. The van der Waals surface area contributed by atoms with Crippen LogP contribution in [0.1, 0.15) is 21.9 Å². The van der Waals surface area contributed by atoms with E-state index in [0.717, 1.165) is 33.6 Å². The Morgan fingerprint density at radius 3 is 2.52 bits per heavy atom. The van der Waals surface area contributed by atoms with Crippen LogP contribution in [0.15, 0.2) is 64.4 Å². The van der Waals surface area contributed by atoms with Gasteiger partial charge in [0.2, 0.25) is 11.8 Å². The molecule has 33 heavy (non-hydrogen) atoms. The fraction of sp³-hybridized carbons (Fsp3) is 0.217. The summed E-state index contributed by atoms with van der Waals surface area (Å²) in [4.78, 5) is 53.7. The lowest BCUT2D eigenvalue weighted by molar-refractivity contribution is -0.149. The largest absolute Gasteiger partial charge is 0.489 e. The van der Waals surface area contributed by atoms with Gasteiger partial charge in [-0.15, -0.1) is 0 Å². The average molecular weight is 483 g/mol. The second-order valence-electron chi connectivity index (χ2n) is 7.72. The number of thioether (sulfide) groups is 1. The Kier molecular flexibility index (Phi) is 5.55. The zero-order valence-corrected chi connectivity index (χ0v) is 18.7. The number of carboxylic acids is 1. The number of carbonyl (C=O) groups excluding carboxylic acids is 2. The predicted octanol–water partition coefficient (Wildman–Crippen LogP) is 2.69. The fourth-order valence-corrected chi connectivity index (χ4v) is 6.83. The number of carboxylic acid groups (broad SMARTS) is 1. The topological polar surface area (TPSA) is 117 Å². The van der Waals surface area contributed by atoms with E-state index in [1.54, 1.807) is 6.07 Å². The molecule has 0 spiro atoms. The standard InChI is InChI=1S/C23H18N2O6S2/c26-15(27)10-25-21(28)17-16(18-20(24-23(30)33-18)32-19(17)22(25)29)13-8-4-5-9-14(13)31-11-12-6-2-1-3-7-12/h1-9,16-17,19H,10-11H2,(H,24,30)(H,26,27)/t16-,17?,19?/m0/s1. The Morgan fingerprint density at radius 2 is 1.76 bits per heavy atom. The maximum Gasteiger partial charge on any atom is 0.323 e. The first-order valence-corrected chi connectivity index (χ1v) is 11.9. The minimum Gasteiger partial charge on any atom is -0.489 e. The van der Waals surface area contributed by atoms with Crippen molar-refractivity contribution in [2.45, 2.75) is 22.8 Å². The number of benzene rings is 2. The molecule has 2 aromatic carbocycles. The molecule has 10 heteroatoms. The number of thiazole rings is 1. The highest BCUT2D eigenvalue weighted by molar-refractivity contribution is 8.00. The molecule has 2 amide bonds. The molecule has 0 saturated carbocycles. The van der Waals surface area contributed by atoms with Gasteiger partial charge in [-0.2, -0.15) is 0 Å². The van der Waals surface area contributed by atoms with Crippen LogP contribution in [0, 0.1) is 5.92 Å². The van der Waals surface area contributed by atoms with Crippen molar-refractivity contribution < 1.29 is 24.2 Å². The highest BCUT2D eigenvalue weighted by Crippen LogP contribution is 2.53. The van der Waals surface area contributed by atoms with Crippen molar-refractivity contribution >= 4 is 40.9 Å². The van der Waals surface area contributed by atoms with Gasteiger partial charge in [0.25, 0.3) is 0 Å². The van der Waals surface area contributed by atoms with E-state index in [1.165, 1.54) is 0 Å². The Morgan fingerprint density at radius 1 is 1.03 bits per heavy atom. The molecule has 0 aliphatic carbocycles. The molecule has 0 bridgehead atoms. The van der Waals surface area contributed by atoms with E-state index in [0.29, 0.717) is 27.8 Å². The van der Waals surface area contributed by atoms with Gasteiger partial charge in [0.05, 0.1) is 10.9 Å². The van der Waals surface area contributed by atoms with Gasteiger partial charge in [-0.1, -0.05) is 71.6 Å². The van der Waals surface area contributed by atoms with Crippen LogP contribution in [0.3, 0.4) is 0 Å². The summed E-state index contributed by atoms with van der Waals surface area (Å²) < 4.78 is 6.11. The van der Waals surface area contributed by atoms with Gasteiger partial charge < -0.3 is 14.8 Å². The molecular formula is C23H18N2O6S2. The fourth-order valence-electron chi connectivity index (χ4n) is 4.30. The van der Waals surface area contributed by atoms with E-state index in [2.05, 4.69) is 4.98 Å². The Bertz CT molecular complexity index is 1300. The SMILES string of the molecule is O=C(O)CN1C(=O)C2Sc3[nH]c(=O)sc3[C@@H](c3ccccc3OCc3ccccc3)C2C1=O. The number of hydrogen-bond donors (Lipinski definition) is 2. The van der Waals surface area contributed by atoms with Gasteiger partial charge in [-0.3, -0.25) is 24.1 Å². The number of rotatable bonds is 6. The van der Waals surface area contributed by atoms with Crippen LogP contribution < -0.4 is 9.61 Å². The van der Waals surface area contributed by atoms with Crippen LogP contribution in [-0.2, 0) is 21.0 Å². The number of likely N-dealkylation sites (tertiary alicyclic amines) is 1. The zero-order valence-electron chi connectivity index (χ0n) is 17.1. The summed E-state index contributed by atoms with van der Waals surface area (Å²) in [5.74, 6) is -3.26. The number of carbonyl (C=O) groups is 3. The van der Waals surface area contributed by atoms with Crippen LogP contribution in [0.4, 0.5) is 0 Å². The summed E-state index contributed by atoms with van der Waals surface area (Å²) in [6, 6.07) is 16.9. The van der Waals surface area contributed by atoms with Gasteiger partial charge in [0.1, 0.15) is 24.2 Å². The second-order valence-corrected chi connectivity index (χ2v) is 9.88. The average Bonchev–Trinajstić information content (AvgIpc) is 3.29. The Labute approximate surface area is 196 Å².